The predicted octanol–water partition coefficient (Wildman–Crippen LogP) is 2.44. The van der Waals surface area contributed by atoms with Gasteiger partial charge >= 0.3 is 6.09 Å². The van der Waals surface area contributed by atoms with Crippen LogP contribution in [0.5, 0.6) is 0 Å². The molecule has 3 rings (SSSR count). The summed E-state index contributed by atoms with van der Waals surface area (Å²) in [5.74, 6) is 0.394. The molecule has 2 aromatic rings. The molecule has 0 saturated carbocycles. The molecular weight excluding hydrogens is 370 g/mol. The van der Waals surface area contributed by atoms with E-state index in [0.29, 0.717) is 44.3 Å². The first-order valence-corrected chi connectivity index (χ1v) is 9.98. The summed E-state index contributed by atoms with van der Waals surface area (Å²) in [5.41, 5.74) is 1.75. The molecule has 8 heteroatoms. The Bertz CT molecular complexity index is 790. The van der Waals surface area contributed by atoms with E-state index in [0.717, 1.165) is 19.4 Å². The van der Waals surface area contributed by atoms with Crippen molar-refractivity contribution in [3.8, 4) is 0 Å². The van der Waals surface area contributed by atoms with Gasteiger partial charge in [-0.3, -0.25) is 4.79 Å². The number of hydrogen-bond donors (Lipinski definition) is 1. The minimum atomic E-state index is -0.328. The van der Waals surface area contributed by atoms with Gasteiger partial charge in [0.15, 0.2) is 0 Å². The second-order valence-electron chi connectivity index (χ2n) is 6.79. The molecule has 0 spiro atoms. The molecule has 2 amide bonds. The number of benzene rings is 1. The first kappa shape index (κ1) is 20.6. The highest BCUT2D eigenvalue weighted by Gasteiger charge is 2.25. The van der Waals surface area contributed by atoms with Gasteiger partial charge in [0, 0.05) is 45.1 Å². The zero-order chi connectivity index (χ0) is 20.5. The molecule has 29 heavy (non-hydrogen) atoms. The maximum Gasteiger partial charge on any atom is 0.409 e. The fraction of sp³-hybridized carbons (Fsp3) is 0.429. The Morgan fingerprint density at radius 2 is 1.69 bits per heavy atom. The van der Waals surface area contributed by atoms with E-state index >= 15 is 0 Å². The monoisotopic (exact) mass is 397 g/mol. The van der Waals surface area contributed by atoms with Gasteiger partial charge in [0.05, 0.1) is 12.2 Å². The van der Waals surface area contributed by atoms with Gasteiger partial charge in [-0.2, -0.15) is 0 Å². The third kappa shape index (κ3) is 5.91. The van der Waals surface area contributed by atoms with Crippen LogP contribution in [0.3, 0.4) is 0 Å². The molecule has 1 N–H and O–H groups in total. The van der Waals surface area contributed by atoms with Crippen molar-refractivity contribution in [1.82, 2.24) is 19.8 Å². The number of aryl methyl sites for hydroxylation is 1. The lowest BCUT2D eigenvalue weighted by atomic mass is 10.1. The standard InChI is InChI=1S/C21H27N5O3/c1-2-29-21(28)26-13-11-25(12-14-26)19(27)18-15-23-20(24-16-18)22-10-6-9-17-7-4-3-5-8-17/h3-5,7-8,15-16H,2,6,9-14H2,1H3,(H,22,23,24). The summed E-state index contributed by atoms with van der Waals surface area (Å²) in [6.45, 7) is 4.76. The lowest BCUT2D eigenvalue weighted by Crippen LogP contribution is -2.50. The summed E-state index contributed by atoms with van der Waals surface area (Å²) in [5, 5.41) is 3.19. The molecule has 0 bridgehead atoms. The minimum absolute atomic E-state index is 0.121. The van der Waals surface area contributed by atoms with Crippen LogP contribution in [-0.4, -0.2) is 71.1 Å². The van der Waals surface area contributed by atoms with E-state index < -0.39 is 0 Å². The summed E-state index contributed by atoms with van der Waals surface area (Å²) in [7, 11) is 0. The molecule has 1 aromatic carbocycles. The maximum atomic E-state index is 12.6. The van der Waals surface area contributed by atoms with Gasteiger partial charge in [0.2, 0.25) is 5.95 Å². The third-order valence-corrected chi connectivity index (χ3v) is 4.76. The SMILES string of the molecule is CCOC(=O)N1CCN(C(=O)c2cnc(NCCCc3ccccc3)nc2)CC1. The summed E-state index contributed by atoms with van der Waals surface area (Å²) >= 11 is 0. The zero-order valence-corrected chi connectivity index (χ0v) is 16.7. The first-order valence-electron chi connectivity index (χ1n) is 9.98. The highest BCUT2D eigenvalue weighted by atomic mass is 16.6. The number of ether oxygens (including phenoxy) is 1. The van der Waals surface area contributed by atoms with Crippen molar-refractivity contribution in [3.05, 3.63) is 53.9 Å². The highest BCUT2D eigenvalue weighted by molar-refractivity contribution is 5.93. The van der Waals surface area contributed by atoms with Crippen LogP contribution in [0.25, 0.3) is 0 Å². The lowest BCUT2D eigenvalue weighted by Gasteiger charge is -2.33. The lowest BCUT2D eigenvalue weighted by molar-refractivity contribution is 0.0570. The molecule has 1 saturated heterocycles. The van der Waals surface area contributed by atoms with Gasteiger partial charge in [-0.1, -0.05) is 30.3 Å². The van der Waals surface area contributed by atoms with Crippen molar-refractivity contribution in [1.29, 1.82) is 0 Å². The molecule has 154 valence electrons. The molecule has 0 radical (unpaired) electrons. The van der Waals surface area contributed by atoms with Crippen LogP contribution in [0.2, 0.25) is 0 Å². The van der Waals surface area contributed by atoms with Crippen molar-refractivity contribution < 1.29 is 14.3 Å². The third-order valence-electron chi connectivity index (χ3n) is 4.76. The van der Waals surface area contributed by atoms with Gasteiger partial charge in [-0.25, -0.2) is 14.8 Å². The molecule has 1 aliphatic rings. The van der Waals surface area contributed by atoms with Gasteiger partial charge in [-0.05, 0) is 25.3 Å². The number of nitrogens with one attached hydrogen (secondary N) is 1. The molecule has 1 fully saturated rings. The fourth-order valence-corrected chi connectivity index (χ4v) is 3.16. The van der Waals surface area contributed by atoms with Crippen LogP contribution in [0.1, 0.15) is 29.3 Å². The highest BCUT2D eigenvalue weighted by Crippen LogP contribution is 2.10. The van der Waals surface area contributed by atoms with E-state index in [-0.39, 0.29) is 12.0 Å². The van der Waals surface area contributed by atoms with Gasteiger partial charge in [-0.15, -0.1) is 0 Å². The van der Waals surface area contributed by atoms with Crippen LogP contribution in [0.15, 0.2) is 42.7 Å². The largest absolute Gasteiger partial charge is 0.450 e. The van der Waals surface area contributed by atoms with Gasteiger partial charge in [0.25, 0.3) is 5.91 Å². The Balaban J connectivity index is 1.42. The number of piperazine rings is 1. The van der Waals surface area contributed by atoms with Crippen LogP contribution >= 0.6 is 0 Å². The maximum absolute atomic E-state index is 12.6. The Morgan fingerprint density at radius 3 is 2.34 bits per heavy atom. The molecular formula is C21H27N5O3. The van der Waals surface area contributed by atoms with Crippen LogP contribution in [-0.2, 0) is 11.2 Å². The second-order valence-corrected chi connectivity index (χ2v) is 6.79. The Labute approximate surface area is 170 Å². The molecule has 2 heterocycles. The fourth-order valence-electron chi connectivity index (χ4n) is 3.16. The van der Waals surface area contributed by atoms with Crippen LogP contribution in [0.4, 0.5) is 10.7 Å². The van der Waals surface area contributed by atoms with E-state index in [1.807, 2.05) is 18.2 Å². The van der Waals surface area contributed by atoms with Crippen LogP contribution < -0.4 is 5.32 Å². The van der Waals surface area contributed by atoms with E-state index in [1.165, 1.54) is 5.56 Å². The smallest absolute Gasteiger partial charge is 0.409 e. The quantitative estimate of drug-likeness (QED) is 0.722. The topological polar surface area (TPSA) is 87.7 Å². The summed E-state index contributed by atoms with van der Waals surface area (Å²) in [6.07, 6.45) is 4.73. The summed E-state index contributed by atoms with van der Waals surface area (Å²) < 4.78 is 5.00. The predicted molar refractivity (Wildman–Crippen MR) is 110 cm³/mol. The Morgan fingerprint density at radius 1 is 1.03 bits per heavy atom. The molecule has 0 unspecified atom stereocenters. The minimum Gasteiger partial charge on any atom is -0.450 e. The van der Waals surface area contributed by atoms with Crippen molar-refractivity contribution in [2.24, 2.45) is 0 Å². The number of rotatable bonds is 7. The van der Waals surface area contributed by atoms with E-state index in [9.17, 15) is 9.59 Å². The number of carbonyl (C=O) groups excluding carboxylic acids is 2. The number of amides is 2. The van der Waals surface area contributed by atoms with Gasteiger partial charge in [0.1, 0.15) is 0 Å². The molecule has 0 aliphatic carbocycles. The van der Waals surface area contributed by atoms with E-state index in [1.54, 1.807) is 29.1 Å². The summed E-state index contributed by atoms with van der Waals surface area (Å²) in [6, 6.07) is 10.3. The molecule has 1 aromatic heterocycles. The average molecular weight is 397 g/mol. The number of carbonyl (C=O) groups is 2. The van der Waals surface area contributed by atoms with Crippen molar-refractivity contribution in [2.45, 2.75) is 19.8 Å². The Hall–Kier alpha value is -3.16. The normalized spacial score (nSPS) is 13.8. The van der Waals surface area contributed by atoms with E-state index in [4.69, 9.17) is 4.74 Å². The molecule has 0 atom stereocenters. The number of anilines is 1. The van der Waals surface area contributed by atoms with Crippen molar-refractivity contribution >= 4 is 17.9 Å². The summed E-state index contributed by atoms with van der Waals surface area (Å²) in [4.78, 5) is 36.2. The van der Waals surface area contributed by atoms with E-state index in [2.05, 4.69) is 27.4 Å². The number of hydrogen-bond acceptors (Lipinski definition) is 6. The van der Waals surface area contributed by atoms with Gasteiger partial charge < -0.3 is 19.9 Å². The first-order chi connectivity index (χ1) is 14.2. The van der Waals surface area contributed by atoms with Crippen molar-refractivity contribution in [3.63, 3.8) is 0 Å². The zero-order valence-electron chi connectivity index (χ0n) is 16.7. The van der Waals surface area contributed by atoms with Crippen LogP contribution in [0, 0.1) is 0 Å². The molecule has 1 aliphatic heterocycles. The average Bonchev–Trinajstić information content (AvgIpc) is 2.78. The number of aromatic nitrogens is 2. The molecule has 8 nitrogen and oxygen atoms in total. The number of nitrogens with zero attached hydrogens (tertiary/aromatic N) is 4. The van der Waals surface area contributed by atoms with Crippen molar-refractivity contribution in [2.75, 3.05) is 44.6 Å². The second kappa shape index (κ2) is 10.4. The Kier molecular flexibility index (Phi) is 7.38.